The van der Waals surface area contributed by atoms with Crippen molar-refractivity contribution < 1.29 is 8.42 Å². The summed E-state index contributed by atoms with van der Waals surface area (Å²) in [7, 11) is -2.81. The lowest BCUT2D eigenvalue weighted by Crippen LogP contribution is -2.51. The minimum Gasteiger partial charge on any atom is -0.370 e. The van der Waals surface area contributed by atoms with Crippen LogP contribution in [0.15, 0.2) is 29.3 Å². The molecule has 6 nitrogen and oxygen atoms in total. The highest BCUT2D eigenvalue weighted by Gasteiger charge is 2.24. The third-order valence-electron chi connectivity index (χ3n) is 4.98. The summed E-state index contributed by atoms with van der Waals surface area (Å²) in [6.07, 6.45) is 1.40. The van der Waals surface area contributed by atoms with Gasteiger partial charge in [0, 0.05) is 43.4 Å². The average molecular weight is 385 g/mol. The van der Waals surface area contributed by atoms with E-state index in [-0.39, 0.29) is 11.5 Å². The topological polar surface area (TPSA) is 79.0 Å². The van der Waals surface area contributed by atoms with Crippen LogP contribution in [-0.2, 0) is 9.84 Å². The Balaban J connectivity index is 1.48. The number of aliphatic imine (C=N–C) groups is 1. The number of hydrogen-bond donors (Lipinski definition) is 1. The number of guanidine groups is 1. The third-order valence-corrected chi connectivity index (χ3v) is 6.95. The summed E-state index contributed by atoms with van der Waals surface area (Å²) < 4.78 is 22.9. The smallest absolute Gasteiger partial charge is 0.191 e. The number of nitrogens with two attached hydrogens (primary N) is 1. The monoisotopic (exact) mass is 384 g/mol. The van der Waals surface area contributed by atoms with Gasteiger partial charge in [-0.25, -0.2) is 8.42 Å². The normalized spacial score (nSPS) is 22.2. The van der Waals surface area contributed by atoms with Crippen molar-refractivity contribution in [2.75, 3.05) is 49.1 Å². The van der Waals surface area contributed by atoms with Crippen LogP contribution in [0.4, 0.5) is 5.69 Å². The fourth-order valence-electron chi connectivity index (χ4n) is 3.29. The van der Waals surface area contributed by atoms with Crippen molar-refractivity contribution in [2.24, 2.45) is 16.6 Å². The van der Waals surface area contributed by atoms with Crippen LogP contribution < -0.4 is 10.6 Å². The minimum atomic E-state index is -2.81. The van der Waals surface area contributed by atoms with Crippen molar-refractivity contribution in [3.8, 4) is 0 Å². The first-order chi connectivity index (χ1) is 11.9. The molecule has 0 saturated carbocycles. The van der Waals surface area contributed by atoms with Gasteiger partial charge in [0.1, 0.15) is 9.84 Å². The summed E-state index contributed by atoms with van der Waals surface area (Å²) in [4.78, 5) is 8.93. The molecule has 2 aliphatic rings. The molecule has 8 heteroatoms. The molecule has 0 unspecified atom stereocenters. The lowest BCUT2D eigenvalue weighted by atomic mass is 10.0. The fraction of sp³-hybridized carbons (Fsp3) is 0.588. The molecule has 0 amide bonds. The predicted octanol–water partition coefficient (Wildman–Crippen LogP) is 1.60. The lowest BCUT2D eigenvalue weighted by Gasteiger charge is -2.36. The zero-order valence-corrected chi connectivity index (χ0v) is 15.8. The SMILES string of the molecule is NC(=NCC1CCS(=O)(=O)CC1)N1CCN(c2ccc(Cl)cc2)CC1. The second-order valence-electron chi connectivity index (χ2n) is 6.74. The van der Waals surface area contributed by atoms with Crippen LogP contribution >= 0.6 is 11.6 Å². The molecule has 0 aromatic heterocycles. The summed E-state index contributed by atoms with van der Waals surface area (Å²) in [5.41, 5.74) is 7.31. The molecule has 3 rings (SSSR count). The molecular weight excluding hydrogens is 360 g/mol. The number of halogens is 1. The zero-order chi connectivity index (χ0) is 17.9. The molecule has 1 aromatic carbocycles. The number of anilines is 1. The number of nitrogens with zero attached hydrogens (tertiary/aromatic N) is 3. The van der Waals surface area contributed by atoms with E-state index in [9.17, 15) is 8.42 Å². The first-order valence-corrected chi connectivity index (χ1v) is 10.9. The number of piperazine rings is 1. The van der Waals surface area contributed by atoms with E-state index in [4.69, 9.17) is 17.3 Å². The van der Waals surface area contributed by atoms with Crippen molar-refractivity contribution in [2.45, 2.75) is 12.8 Å². The van der Waals surface area contributed by atoms with Gasteiger partial charge in [-0.15, -0.1) is 0 Å². The first kappa shape index (κ1) is 18.3. The second kappa shape index (κ2) is 7.83. The van der Waals surface area contributed by atoms with Crippen LogP contribution in [-0.4, -0.2) is 63.5 Å². The van der Waals surface area contributed by atoms with Crippen molar-refractivity contribution in [1.82, 2.24) is 4.90 Å². The van der Waals surface area contributed by atoms with Crippen LogP contribution in [0.3, 0.4) is 0 Å². The molecule has 0 radical (unpaired) electrons. The van der Waals surface area contributed by atoms with E-state index in [0.717, 1.165) is 31.2 Å². The lowest BCUT2D eigenvalue weighted by molar-refractivity contribution is 0.378. The number of benzene rings is 1. The highest BCUT2D eigenvalue weighted by molar-refractivity contribution is 7.91. The predicted molar refractivity (Wildman–Crippen MR) is 103 cm³/mol. The van der Waals surface area contributed by atoms with Crippen molar-refractivity contribution in [1.29, 1.82) is 0 Å². The summed E-state index contributed by atoms with van der Waals surface area (Å²) in [5, 5.41) is 0.745. The summed E-state index contributed by atoms with van der Waals surface area (Å²) in [5.74, 6) is 1.47. The summed E-state index contributed by atoms with van der Waals surface area (Å²) in [6.45, 7) is 4.06. The number of hydrogen-bond acceptors (Lipinski definition) is 4. The van der Waals surface area contributed by atoms with Gasteiger partial charge >= 0.3 is 0 Å². The second-order valence-corrected chi connectivity index (χ2v) is 9.48. The molecule has 2 fully saturated rings. The number of rotatable bonds is 3. The molecule has 0 bridgehead atoms. The molecule has 0 aliphatic carbocycles. The van der Waals surface area contributed by atoms with Gasteiger partial charge in [-0.2, -0.15) is 0 Å². The van der Waals surface area contributed by atoms with Crippen LogP contribution in [0.5, 0.6) is 0 Å². The highest BCUT2D eigenvalue weighted by atomic mass is 35.5. The Kier molecular flexibility index (Phi) is 5.74. The molecule has 138 valence electrons. The van der Waals surface area contributed by atoms with Gasteiger partial charge in [-0.3, -0.25) is 4.99 Å². The number of sulfone groups is 1. The Bertz CT molecular complexity index is 699. The third kappa shape index (κ3) is 5.01. The highest BCUT2D eigenvalue weighted by Crippen LogP contribution is 2.20. The van der Waals surface area contributed by atoms with E-state index in [1.807, 2.05) is 24.3 Å². The molecule has 2 N–H and O–H groups in total. The zero-order valence-electron chi connectivity index (χ0n) is 14.3. The molecule has 1 aromatic rings. The van der Waals surface area contributed by atoms with Gasteiger partial charge < -0.3 is 15.5 Å². The van der Waals surface area contributed by atoms with Gasteiger partial charge in [0.05, 0.1) is 11.5 Å². The Morgan fingerprint density at radius 2 is 1.72 bits per heavy atom. The van der Waals surface area contributed by atoms with Crippen molar-refractivity contribution >= 4 is 33.1 Å². The standard InChI is InChI=1S/C17H25ClN4O2S/c18-15-1-3-16(4-2-15)21-7-9-22(10-8-21)17(19)20-13-14-5-11-25(23,24)12-6-14/h1-4,14H,5-13H2,(H2,19,20). The maximum absolute atomic E-state index is 11.5. The van der Waals surface area contributed by atoms with Crippen LogP contribution in [0.25, 0.3) is 0 Å². The average Bonchev–Trinajstić information content (AvgIpc) is 2.61. The molecule has 2 saturated heterocycles. The van der Waals surface area contributed by atoms with E-state index in [0.29, 0.717) is 31.3 Å². The molecular formula is C17H25ClN4O2S. The van der Waals surface area contributed by atoms with Crippen LogP contribution in [0.2, 0.25) is 5.02 Å². The fourth-order valence-corrected chi connectivity index (χ4v) is 5.00. The molecule has 0 atom stereocenters. The van der Waals surface area contributed by atoms with Gasteiger partial charge in [-0.05, 0) is 43.0 Å². The van der Waals surface area contributed by atoms with E-state index >= 15 is 0 Å². The first-order valence-electron chi connectivity index (χ1n) is 8.69. The van der Waals surface area contributed by atoms with Crippen molar-refractivity contribution in [3.05, 3.63) is 29.3 Å². The molecule has 0 spiro atoms. The van der Waals surface area contributed by atoms with Crippen molar-refractivity contribution in [3.63, 3.8) is 0 Å². The van der Waals surface area contributed by atoms with Gasteiger partial charge in [0.25, 0.3) is 0 Å². The van der Waals surface area contributed by atoms with E-state index in [2.05, 4.69) is 14.8 Å². The summed E-state index contributed by atoms with van der Waals surface area (Å²) >= 11 is 5.94. The Morgan fingerprint density at radius 1 is 1.12 bits per heavy atom. The van der Waals surface area contributed by atoms with Crippen LogP contribution in [0, 0.1) is 5.92 Å². The molecule has 2 heterocycles. The Hall–Kier alpha value is -1.47. The van der Waals surface area contributed by atoms with E-state index in [1.165, 1.54) is 5.69 Å². The minimum absolute atomic E-state index is 0.285. The Morgan fingerprint density at radius 3 is 2.32 bits per heavy atom. The van der Waals surface area contributed by atoms with E-state index in [1.54, 1.807) is 0 Å². The maximum Gasteiger partial charge on any atom is 0.191 e. The van der Waals surface area contributed by atoms with Gasteiger partial charge in [-0.1, -0.05) is 11.6 Å². The molecule has 25 heavy (non-hydrogen) atoms. The van der Waals surface area contributed by atoms with E-state index < -0.39 is 9.84 Å². The maximum atomic E-state index is 11.5. The Labute approximate surface area is 154 Å². The summed E-state index contributed by atoms with van der Waals surface area (Å²) in [6, 6.07) is 7.88. The largest absolute Gasteiger partial charge is 0.370 e. The van der Waals surface area contributed by atoms with Gasteiger partial charge in [0.2, 0.25) is 0 Å². The van der Waals surface area contributed by atoms with Gasteiger partial charge in [0.15, 0.2) is 5.96 Å². The quantitative estimate of drug-likeness (QED) is 0.632. The van der Waals surface area contributed by atoms with Crippen LogP contribution in [0.1, 0.15) is 12.8 Å². The molecule has 2 aliphatic heterocycles.